The molecule has 0 atom stereocenters. The molecule has 2 heterocycles. The van der Waals surface area contributed by atoms with Gasteiger partial charge in [-0.05, 0) is 24.3 Å². The second-order valence-corrected chi connectivity index (χ2v) is 4.82. The van der Waals surface area contributed by atoms with Crippen molar-refractivity contribution in [1.29, 1.82) is 0 Å². The van der Waals surface area contributed by atoms with Gasteiger partial charge in [-0.2, -0.15) is 0 Å². The van der Waals surface area contributed by atoms with Gasteiger partial charge in [-0.3, -0.25) is 10.1 Å². The number of ether oxygens (including phenoxy) is 1. The number of hydrogen-bond acceptors (Lipinski definition) is 4. The Hall–Kier alpha value is -2.60. The summed E-state index contributed by atoms with van der Waals surface area (Å²) in [4.78, 5) is 15.0. The van der Waals surface area contributed by atoms with Crippen molar-refractivity contribution in [2.75, 3.05) is 7.11 Å². The van der Waals surface area contributed by atoms with Crippen LogP contribution in [0.15, 0.2) is 42.7 Å². The summed E-state index contributed by atoms with van der Waals surface area (Å²) < 4.78 is 6.76. The zero-order valence-electron chi connectivity index (χ0n) is 11.0. The van der Waals surface area contributed by atoms with E-state index in [9.17, 15) is 10.1 Å². The molecule has 0 bridgehead atoms. The molecule has 0 radical (unpaired) electrons. The van der Waals surface area contributed by atoms with E-state index in [4.69, 9.17) is 16.3 Å². The molecule has 106 valence electrons. The third kappa shape index (κ3) is 2.41. The van der Waals surface area contributed by atoms with Crippen molar-refractivity contribution in [3.8, 4) is 17.0 Å². The Morgan fingerprint density at radius 2 is 2.10 bits per heavy atom. The van der Waals surface area contributed by atoms with Crippen LogP contribution in [0.5, 0.6) is 5.75 Å². The van der Waals surface area contributed by atoms with E-state index in [0.717, 1.165) is 0 Å². The van der Waals surface area contributed by atoms with E-state index in [1.807, 2.05) is 0 Å². The maximum atomic E-state index is 11.1. The molecule has 0 saturated heterocycles. The number of rotatable bonds is 3. The van der Waals surface area contributed by atoms with E-state index < -0.39 is 4.92 Å². The number of nitrogens with zero attached hydrogens (tertiary/aromatic N) is 3. The molecule has 1 aromatic carbocycles. The molecule has 2 aromatic heterocycles. The zero-order valence-corrected chi connectivity index (χ0v) is 11.7. The molecule has 6 nitrogen and oxygen atoms in total. The number of aromatic nitrogens is 2. The van der Waals surface area contributed by atoms with Crippen molar-refractivity contribution in [1.82, 2.24) is 9.38 Å². The smallest absolute Gasteiger partial charge is 0.311 e. The molecule has 0 spiro atoms. The predicted octanol–water partition coefficient (Wildman–Crippen LogP) is 3.57. The number of imidazole rings is 1. The lowest BCUT2D eigenvalue weighted by atomic mass is 10.1. The highest BCUT2D eigenvalue weighted by molar-refractivity contribution is 6.30. The number of methoxy groups -OCH3 is 1. The highest BCUT2D eigenvalue weighted by Gasteiger charge is 2.17. The van der Waals surface area contributed by atoms with Gasteiger partial charge in [0.1, 0.15) is 5.65 Å². The minimum absolute atomic E-state index is 0.0925. The average Bonchev–Trinajstić information content (AvgIpc) is 2.89. The maximum Gasteiger partial charge on any atom is 0.311 e. The second-order valence-electron chi connectivity index (χ2n) is 4.38. The van der Waals surface area contributed by atoms with E-state index in [1.165, 1.54) is 13.2 Å². The Bertz CT molecular complexity index is 845. The van der Waals surface area contributed by atoms with Crippen LogP contribution in [0.25, 0.3) is 16.9 Å². The highest BCUT2D eigenvalue weighted by Crippen LogP contribution is 2.32. The quantitative estimate of drug-likeness (QED) is 0.548. The van der Waals surface area contributed by atoms with Gasteiger partial charge in [0.05, 0.1) is 22.7 Å². The van der Waals surface area contributed by atoms with E-state index in [0.29, 0.717) is 21.9 Å². The fourth-order valence-corrected chi connectivity index (χ4v) is 2.26. The molecule has 21 heavy (non-hydrogen) atoms. The van der Waals surface area contributed by atoms with Crippen LogP contribution in [0.4, 0.5) is 5.69 Å². The molecular weight excluding hydrogens is 294 g/mol. The molecule has 7 heteroatoms. The summed E-state index contributed by atoms with van der Waals surface area (Å²) in [6.07, 6.45) is 3.50. The normalized spacial score (nSPS) is 10.8. The summed E-state index contributed by atoms with van der Waals surface area (Å²) in [5, 5.41) is 11.7. The SMILES string of the molecule is COc1ccc(-c2cn3cc(Cl)ccc3n2)cc1[N+](=O)[O-]. The van der Waals surface area contributed by atoms with E-state index in [2.05, 4.69) is 4.98 Å². The fourth-order valence-electron chi connectivity index (χ4n) is 2.10. The van der Waals surface area contributed by atoms with Crippen molar-refractivity contribution >= 4 is 22.9 Å². The van der Waals surface area contributed by atoms with E-state index in [-0.39, 0.29) is 11.4 Å². The molecule has 0 amide bonds. The van der Waals surface area contributed by atoms with Crippen LogP contribution >= 0.6 is 11.6 Å². The number of pyridine rings is 1. The molecule has 0 unspecified atom stereocenters. The largest absolute Gasteiger partial charge is 0.490 e. The lowest BCUT2D eigenvalue weighted by Crippen LogP contribution is -1.94. The monoisotopic (exact) mass is 303 g/mol. The lowest BCUT2D eigenvalue weighted by Gasteiger charge is -2.02. The molecule has 3 rings (SSSR count). The Labute approximate surface area is 124 Å². The third-order valence-corrected chi connectivity index (χ3v) is 3.31. The first-order valence-corrected chi connectivity index (χ1v) is 6.43. The second kappa shape index (κ2) is 5.06. The minimum Gasteiger partial charge on any atom is -0.490 e. The van der Waals surface area contributed by atoms with Crippen molar-refractivity contribution in [3.05, 3.63) is 57.9 Å². The minimum atomic E-state index is -0.477. The Kier molecular flexibility index (Phi) is 3.23. The lowest BCUT2D eigenvalue weighted by molar-refractivity contribution is -0.385. The van der Waals surface area contributed by atoms with Gasteiger partial charge in [0, 0.05) is 24.0 Å². The van der Waals surface area contributed by atoms with Gasteiger partial charge in [-0.15, -0.1) is 0 Å². The van der Waals surface area contributed by atoms with Crippen LogP contribution in [0.2, 0.25) is 5.02 Å². The molecule has 0 fully saturated rings. The van der Waals surface area contributed by atoms with E-state index >= 15 is 0 Å². The first-order chi connectivity index (χ1) is 10.1. The van der Waals surface area contributed by atoms with Gasteiger partial charge in [0.2, 0.25) is 0 Å². The van der Waals surface area contributed by atoms with Crippen LogP contribution in [0, 0.1) is 10.1 Å². The number of nitro groups is 1. The van der Waals surface area contributed by atoms with Gasteiger partial charge in [0.15, 0.2) is 5.75 Å². The van der Waals surface area contributed by atoms with Crippen molar-refractivity contribution in [3.63, 3.8) is 0 Å². The van der Waals surface area contributed by atoms with Crippen LogP contribution in [0.3, 0.4) is 0 Å². The van der Waals surface area contributed by atoms with Crippen LogP contribution in [-0.4, -0.2) is 21.4 Å². The fraction of sp³-hybridized carbons (Fsp3) is 0.0714. The number of nitro benzene ring substituents is 1. The maximum absolute atomic E-state index is 11.1. The molecular formula is C14H10ClN3O3. The molecule has 3 aromatic rings. The molecule has 0 aliphatic heterocycles. The average molecular weight is 304 g/mol. The molecule has 0 aliphatic carbocycles. The number of hydrogen-bond donors (Lipinski definition) is 0. The van der Waals surface area contributed by atoms with Crippen LogP contribution in [-0.2, 0) is 0 Å². The molecule has 0 saturated carbocycles. The summed E-state index contributed by atoms with van der Waals surface area (Å²) in [5.74, 6) is 0.218. The first kappa shape index (κ1) is 13.4. The highest BCUT2D eigenvalue weighted by atomic mass is 35.5. The van der Waals surface area contributed by atoms with Gasteiger partial charge >= 0.3 is 5.69 Å². The zero-order chi connectivity index (χ0) is 15.0. The summed E-state index contributed by atoms with van der Waals surface area (Å²) in [7, 11) is 1.40. The van der Waals surface area contributed by atoms with Gasteiger partial charge in [-0.25, -0.2) is 4.98 Å². The van der Waals surface area contributed by atoms with Crippen LogP contribution in [0.1, 0.15) is 0 Å². The van der Waals surface area contributed by atoms with Crippen LogP contribution < -0.4 is 4.74 Å². The van der Waals surface area contributed by atoms with Crippen molar-refractivity contribution < 1.29 is 9.66 Å². The third-order valence-electron chi connectivity index (χ3n) is 3.09. The summed E-state index contributed by atoms with van der Waals surface area (Å²) in [6.45, 7) is 0. The van der Waals surface area contributed by atoms with E-state index in [1.54, 1.807) is 41.1 Å². The molecule has 0 N–H and O–H groups in total. The summed E-state index contributed by atoms with van der Waals surface area (Å²) in [6, 6.07) is 8.26. The van der Waals surface area contributed by atoms with Gasteiger partial charge < -0.3 is 9.14 Å². The Morgan fingerprint density at radius 3 is 2.81 bits per heavy atom. The molecule has 0 aliphatic rings. The topological polar surface area (TPSA) is 69.7 Å². The number of fused-ring (bicyclic) bond motifs is 1. The van der Waals surface area contributed by atoms with Crippen molar-refractivity contribution in [2.24, 2.45) is 0 Å². The first-order valence-electron chi connectivity index (χ1n) is 6.05. The van der Waals surface area contributed by atoms with Crippen molar-refractivity contribution in [2.45, 2.75) is 0 Å². The number of benzene rings is 1. The summed E-state index contributed by atoms with van der Waals surface area (Å²) >= 11 is 5.93. The standard InChI is InChI=1S/C14H10ClN3O3/c1-21-13-4-2-9(6-12(13)18(19)20)11-8-17-7-10(15)3-5-14(17)16-11/h2-8H,1H3. The number of halogens is 1. The Balaban J connectivity index is 2.13. The van der Waals surface area contributed by atoms with Gasteiger partial charge in [-0.1, -0.05) is 11.6 Å². The summed E-state index contributed by atoms with van der Waals surface area (Å²) in [5.41, 5.74) is 1.89. The Morgan fingerprint density at radius 1 is 1.29 bits per heavy atom. The predicted molar refractivity (Wildman–Crippen MR) is 78.8 cm³/mol. The van der Waals surface area contributed by atoms with Gasteiger partial charge in [0.25, 0.3) is 0 Å².